The summed E-state index contributed by atoms with van der Waals surface area (Å²) in [5, 5.41) is 0. The molecule has 1 saturated carbocycles. The normalized spacial score (nSPS) is 17.3. The number of hydrogen-bond donors (Lipinski definition) is 1. The van der Waals surface area contributed by atoms with Crippen LogP contribution in [0.2, 0.25) is 0 Å². The molecular weight excluding hydrogens is 114 g/mol. The first-order valence-electron chi connectivity index (χ1n) is 3.17. The van der Waals surface area contributed by atoms with Crippen LogP contribution in [0.4, 0.5) is 0 Å². The Kier molecular flexibility index (Phi) is 1.56. The van der Waals surface area contributed by atoms with Crippen molar-refractivity contribution in [2.45, 2.75) is 19.3 Å². The molecule has 0 aromatic carbocycles. The molecule has 0 aromatic heterocycles. The van der Waals surface area contributed by atoms with Gasteiger partial charge in [-0.05, 0) is 25.2 Å². The highest BCUT2D eigenvalue weighted by atomic mass is 16.1. The zero-order valence-corrected chi connectivity index (χ0v) is 5.39. The van der Waals surface area contributed by atoms with E-state index < -0.39 is 0 Å². The Morgan fingerprint density at radius 3 is 2.56 bits per heavy atom. The highest BCUT2D eigenvalue weighted by molar-refractivity contribution is 5.91. The van der Waals surface area contributed by atoms with E-state index in [2.05, 4.69) is 6.58 Å². The molecule has 2 N–H and O–H groups in total. The van der Waals surface area contributed by atoms with Gasteiger partial charge >= 0.3 is 0 Å². The van der Waals surface area contributed by atoms with Crippen molar-refractivity contribution in [1.29, 1.82) is 0 Å². The van der Waals surface area contributed by atoms with Gasteiger partial charge in [0.15, 0.2) is 0 Å². The average Bonchev–Trinajstić information content (AvgIpc) is 2.50. The van der Waals surface area contributed by atoms with Crippen molar-refractivity contribution in [1.82, 2.24) is 0 Å². The molecule has 0 aromatic rings. The monoisotopic (exact) mass is 125 g/mol. The topological polar surface area (TPSA) is 43.1 Å². The van der Waals surface area contributed by atoms with Crippen LogP contribution in [0.3, 0.4) is 0 Å². The summed E-state index contributed by atoms with van der Waals surface area (Å²) in [4.78, 5) is 10.4. The third-order valence-corrected chi connectivity index (χ3v) is 1.58. The lowest BCUT2D eigenvalue weighted by Gasteiger charge is -1.95. The number of amides is 1. The quantitative estimate of drug-likeness (QED) is 0.558. The van der Waals surface area contributed by atoms with E-state index in [1.54, 1.807) is 0 Å². The molecule has 0 spiro atoms. The van der Waals surface area contributed by atoms with Gasteiger partial charge in [-0.15, -0.1) is 0 Å². The van der Waals surface area contributed by atoms with Crippen molar-refractivity contribution >= 4 is 5.91 Å². The molecule has 0 saturated heterocycles. The molecule has 2 nitrogen and oxygen atoms in total. The van der Waals surface area contributed by atoms with Gasteiger partial charge in [-0.25, -0.2) is 0 Å². The number of primary amides is 1. The van der Waals surface area contributed by atoms with Crippen LogP contribution in [0.15, 0.2) is 12.2 Å². The zero-order chi connectivity index (χ0) is 6.85. The molecule has 0 heterocycles. The van der Waals surface area contributed by atoms with Gasteiger partial charge in [0.25, 0.3) is 0 Å². The van der Waals surface area contributed by atoms with Crippen molar-refractivity contribution in [2.75, 3.05) is 0 Å². The number of rotatable bonds is 3. The van der Waals surface area contributed by atoms with Gasteiger partial charge in [0, 0.05) is 5.57 Å². The van der Waals surface area contributed by atoms with E-state index in [4.69, 9.17) is 5.73 Å². The van der Waals surface area contributed by atoms with Crippen molar-refractivity contribution in [3.8, 4) is 0 Å². The smallest absolute Gasteiger partial charge is 0.244 e. The van der Waals surface area contributed by atoms with Crippen LogP contribution in [0.25, 0.3) is 0 Å². The van der Waals surface area contributed by atoms with Crippen LogP contribution in [0.5, 0.6) is 0 Å². The zero-order valence-electron chi connectivity index (χ0n) is 5.39. The van der Waals surface area contributed by atoms with Crippen LogP contribution in [-0.4, -0.2) is 5.91 Å². The fourth-order valence-corrected chi connectivity index (χ4v) is 0.771. The van der Waals surface area contributed by atoms with Crippen LogP contribution >= 0.6 is 0 Å². The molecule has 1 aliphatic carbocycles. The van der Waals surface area contributed by atoms with Crippen LogP contribution in [-0.2, 0) is 4.79 Å². The maximum atomic E-state index is 10.4. The molecule has 0 aliphatic heterocycles. The first-order valence-corrected chi connectivity index (χ1v) is 3.17. The second-order valence-electron chi connectivity index (χ2n) is 2.62. The van der Waals surface area contributed by atoms with E-state index >= 15 is 0 Å². The molecule has 2 heteroatoms. The largest absolute Gasteiger partial charge is 0.366 e. The van der Waals surface area contributed by atoms with E-state index in [-0.39, 0.29) is 5.91 Å². The summed E-state index contributed by atoms with van der Waals surface area (Å²) in [6.45, 7) is 3.56. The molecule has 1 amide bonds. The number of carbonyl (C=O) groups excluding carboxylic acids is 1. The fraction of sp³-hybridized carbons (Fsp3) is 0.571. The number of hydrogen-bond acceptors (Lipinski definition) is 1. The summed E-state index contributed by atoms with van der Waals surface area (Å²) in [6.07, 6.45) is 3.30. The average molecular weight is 125 g/mol. The Labute approximate surface area is 54.7 Å². The van der Waals surface area contributed by atoms with Gasteiger partial charge in [0.05, 0.1) is 0 Å². The maximum Gasteiger partial charge on any atom is 0.244 e. The Morgan fingerprint density at radius 2 is 2.22 bits per heavy atom. The van der Waals surface area contributed by atoms with E-state index in [9.17, 15) is 4.79 Å². The molecule has 50 valence electrons. The van der Waals surface area contributed by atoms with Crippen molar-refractivity contribution in [3.05, 3.63) is 12.2 Å². The minimum atomic E-state index is -0.345. The van der Waals surface area contributed by atoms with Gasteiger partial charge in [-0.1, -0.05) is 6.58 Å². The summed E-state index contributed by atoms with van der Waals surface area (Å²) >= 11 is 0. The molecule has 1 fully saturated rings. The van der Waals surface area contributed by atoms with Crippen LogP contribution < -0.4 is 5.73 Å². The minimum absolute atomic E-state index is 0.345. The van der Waals surface area contributed by atoms with Crippen molar-refractivity contribution < 1.29 is 4.79 Å². The SMILES string of the molecule is C=C(CC1CC1)C(N)=O. The Bertz CT molecular complexity index is 147. The predicted octanol–water partition coefficient (Wildman–Crippen LogP) is 0.828. The summed E-state index contributed by atoms with van der Waals surface area (Å²) in [7, 11) is 0. The summed E-state index contributed by atoms with van der Waals surface area (Å²) < 4.78 is 0. The third-order valence-electron chi connectivity index (χ3n) is 1.58. The Morgan fingerprint density at radius 1 is 1.67 bits per heavy atom. The van der Waals surface area contributed by atoms with E-state index in [0.29, 0.717) is 11.5 Å². The van der Waals surface area contributed by atoms with E-state index in [1.165, 1.54) is 12.8 Å². The van der Waals surface area contributed by atoms with Gasteiger partial charge in [-0.3, -0.25) is 4.79 Å². The third kappa shape index (κ3) is 1.88. The van der Waals surface area contributed by atoms with E-state index in [1.807, 2.05) is 0 Å². The summed E-state index contributed by atoms with van der Waals surface area (Å²) in [5.41, 5.74) is 5.55. The second-order valence-corrected chi connectivity index (χ2v) is 2.62. The lowest BCUT2D eigenvalue weighted by molar-refractivity contribution is -0.114. The molecule has 0 bridgehead atoms. The summed E-state index contributed by atoms with van der Waals surface area (Å²) in [6, 6.07) is 0. The lowest BCUT2D eigenvalue weighted by atomic mass is 10.1. The second kappa shape index (κ2) is 2.21. The fourth-order valence-electron chi connectivity index (χ4n) is 0.771. The Balaban J connectivity index is 2.25. The molecule has 0 unspecified atom stereocenters. The molecule has 1 aliphatic rings. The highest BCUT2D eigenvalue weighted by Gasteiger charge is 2.22. The standard InChI is InChI=1S/C7H11NO/c1-5(7(8)9)4-6-2-3-6/h6H,1-4H2,(H2,8,9). The van der Waals surface area contributed by atoms with Gasteiger partial charge in [0.1, 0.15) is 0 Å². The number of carbonyl (C=O) groups is 1. The lowest BCUT2D eigenvalue weighted by Crippen LogP contribution is -2.13. The molecule has 0 atom stereocenters. The van der Waals surface area contributed by atoms with Gasteiger partial charge < -0.3 is 5.73 Å². The van der Waals surface area contributed by atoms with Crippen LogP contribution in [0.1, 0.15) is 19.3 Å². The summed E-state index contributed by atoms with van der Waals surface area (Å²) in [5.74, 6) is 0.367. The first-order chi connectivity index (χ1) is 4.20. The Hall–Kier alpha value is -0.790. The van der Waals surface area contributed by atoms with Crippen LogP contribution in [0, 0.1) is 5.92 Å². The first kappa shape index (κ1) is 6.33. The highest BCUT2D eigenvalue weighted by Crippen LogP contribution is 2.34. The predicted molar refractivity (Wildman–Crippen MR) is 35.7 cm³/mol. The molecule has 1 rings (SSSR count). The maximum absolute atomic E-state index is 10.4. The van der Waals surface area contributed by atoms with Crippen molar-refractivity contribution in [2.24, 2.45) is 11.7 Å². The van der Waals surface area contributed by atoms with E-state index in [0.717, 1.165) is 6.42 Å². The number of nitrogens with two attached hydrogens (primary N) is 1. The van der Waals surface area contributed by atoms with Gasteiger partial charge in [0.2, 0.25) is 5.91 Å². The van der Waals surface area contributed by atoms with Crippen molar-refractivity contribution in [3.63, 3.8) is 0 Å². The molecule has 0 radical (unpaired) electrons. The van der Waals surface area contributed by atoms with Gasteiger partial charge in [-0.2, -0.15) is 0 Å². The minimum Gasteiger partial charge on any atom is -0.366 e. The molecular formula is C7H11NO. The molecule has 9 heavy (non-hydrogen) atoms.